The lowest BCUT2D eigenvalue weighted by molar-refractivity contribution is 0.140. The van der Waals surface area contributed by atoms with Crippen molar-refractivity contribution >= 4 is 22.7 Å². The molecule has 3 heterocycles. The second-order valence-electron chi connectivity index (χ2n) is 5.52. The predicted octanol–water partition coefficient (Wildman–Crippen LogP) is 2.84. The number of nitrogens with zero attached hydrogens (tertiary/aromatic N) is 3. The molecule has 0 aliphatic carbocycles. The Kier molecular flexibility index (Phi) is 4.62. The summed E-state index contributed by atoms with van der Waals surface area (Å²) in [5.41, 5.74) is 3.29. The Morgan fingerprint density at radius 3 is 3.04 bits per heavy atom. The van der Waals surface area contributed by atoms with Crippen LogP contribution in [-0.2, 0) is 11.3 Å². The summed E-state index contributed by atoms with van der Waals surface area (Å²) in [7, 11) is 0. The van der Waals surface area contributed by atoms with Gasteiger partial charge in [-0.3, -0.25) is 0 Å². The minimum atomic E-state index is -0.860. The highest BCUT2D eigenvalue weighted by atomic mass is 16.5. The fourth-order valence-electron chi connectivity index (χ4n) is 2.94. The molecule has 0 fully saturated rings. The monoisotopic (exact) mass is 315 g/mol. The molecule has 2 aromatic rings. The van der Waals surface area contributed by atoms with E-state index in [9.17, 15) is 4.79 Å². The lowest BCUT2D eigenvalue weighted by atomic mass is 10.00. The maximum absolute atomic E-state index is 11.0. The number of amides is 1. The molecular formula is C17H21N3O3. The lowest BCUT2D eigenvalue weighted by Gasteiger charge is -2.23. The van der Waals surface area contributed by atoms with Crippen molar-refractivity contribution in [1.82, 2.24) is 14.5 Å². The molecule has 0 aromatic carbocycles. The summed E-state index contributed by atoms with van der Waals surface area (Å²) in [5.74, 6) is 0. The number of ether oxygens (including phenoxy) is 1. The van der Waals surface area contributed by atoms with Crippen molar-refractivity contribution in [3.05, 3.63) is 36.2 Å². The molecule has 0 spiro atoms. The third-order valence-corrected chi connectivity index (χ3v) is 4.14. The summed E-state index contributed by atoms with van der Waals surface area (Å²) in [6.07, 6.45) is 5.78. The standard InChI is InChI=1S/C17H21N3O3/c1-2-23-11-10-20-12-15(14-4-3-7-18-16(14)20)13-5-8-19(9-6-13)17(21)22/h3-5,7,12H,2,6,8-11H2,1H3,(H,21,22). The Morgan fingerprint density at radius 1 is 1.48 bits per heavy atom. The molecule has 1 N–H and O–H groups in total. The van der Waals surface area contributed by atoms with Gasteiger partial charge in [0.05, 0.1) is 6.61 Å². The number of rotatable bonds is 5. The van der Waals surface area contributed by atoms with Crippen LogP contribution in [0, 0.1) is 0 Å². The summed E-state index contributed by atoms with van der Waals surface area (Å²) in [4.78, 5) is 17.0. The third kappa shape index (κ3) is 3.22. The fraction of sp³-hybridized carbons (Fsp3) is 0.412. The van der Waals surface area contributed by atoms with Crippen molar-refractivity contribution in [2.45, 2.75) is 19.9 Å². The van der Waals surface area contributed by atoms with Crippen molar-refractivity contribution in [3.8, 4) is 0 Å². The van der Waals surface area contributed by atoms with Crippen molar-refractivity contribution in [2.75, 3.05) is 26.3 Å². The molecule has 122 valence electrons. The first-order valence-electron chi connectivity index (χ1n) is 7.89. The molecule has 1 aliphatic rings. The Balaban J connectivity index is 1.90. The van der Waals surface area contributed by atoms with Gasteiger partial charge in [0, 0.05) is 49.6 Å². The summed E-state index contributed by atoms with van der Waals surface area (Å²) in [6, 6.07) is 4.00. The van der Waals surface area contributed by atoms with Gasteiger partial charge in [0.1, 0.15) is 5.65 Å². The van der Waals surface area contributed by atoms with Crippen LogP contribution in [0.2, 0.25) is 0 Å². The maximum Gasteiger partial charge on any atom is 0.407 e. The Bertz CT molecular complexity index is 736. The first-order valence-corrected chi connectivity index (χ1v) is 7.89. The number of hydrogen-bond acceptors (Lipinski definition) is 3. The van der Waals surface area contributed by atoms with Crippen molar-refractivity contribution in [3.63, 3.8) is 0 Å². The molecule has 0 saturated heterocycles. The van der Waals surface area contributed by atoms with E-state index in [0.717, 1.165) is 29.6 Å². The van der Waals surface area contributed by atoms with Gasteiger partial charge in [0.25, 0.3) is 0 Å². The van der Waals surface area contributed by atoms with Gasteiger partial charge in [0.2, 0.25) is 0 Å². The van der Waals surface area contributed by atoms with Crippen molar-refractivity contribution in [2.24, 2.45) is 0 Å². The molecule has 3 rings (SSSR count). The number of carboxylic acid groups (broad SMARTS) is 1. The molecule has 6 nitrogen and oxygen atoms in total. The van der Waals surface area contributed by atoms with Gasteiger partial charge >= 0.3 is 6.09 Å². The number of aromatic nitrogens is 2. The molecule has 0 atom stereocenters. The zero-order valence-electron chi connectivity index (χ0n) is 13.2. The molecule has 0 saturated carbocycles. The Hall–Kier alpha value is -2.34. The number of fused-ring (bicyclic) bond motifs is 1. The molecule has 1 aliphatic heterocycles. The number of carbonyl (C=O) groups is 1. The quantitative estimate of drug-likeness (QED) is 0.862. The van der Waals surface area contributed by atoms with Crippen molar-refractivity contribution in [1.29, 1.82) is 0 Å². The SMILES string of the molecule is CCOCCn1cc(C2=CCN(C(=O)O)CC2)c2cccnc21. The summed E-state index contributed by atoms with van der Waals surface area (Å²) in [5, 5.41) is 10.2. The highest BCUT2D eigenvalue weighted by molar-refractivity contribution is 5.91. The van der Waals surface area contributed by atoms with Gasteiger partial charge < -0.3 is 19.3 Å². The van der Waals surface area contributed by atoms with E-state index in [1.165, 1.54) is 10.5 Å². The Morgan fingerprint density at radius 2 is 2.35 bits per heavy atom. The van der Waals surface area contributed by atoms with Crippen LogP contribution in [0.3, 0.4) is 0 Å². The number of pyridine rings is 1. The van der Waals surface area contributed by atoms with Gasteiger partial charge in [-0.05, 0) is 31.1 Å². The minimum absolute atomic E-state index is 0.441. The Labute approximate surface area is 135 Å². The van der Waals surface area contributed by atoms with E-state index in [1.54, 1.807) is 6.20 Å². The average Bonchev–Trinajstić information content (AvgIpc) is 2.94. The van der Waals surface area contributed by atoms with Crippen LogP contribution in [0.25, 0.3) is 16.6 Å². The van der Waals surface area contributed by atoms with E-state index in [4.69, 9.17) is 9.84 Å². The molecular weight excluding hydrogens is 294 g/mol. The second-order valence-corrected chi connectivity index (χ2v) is 5.52. The molecule has 1 amide bonds. The summed E-state index contributed by atoms with van der Waals surface area (Å²) < 4.78 is 7.56. The van der Waals surface area contributed by atoms with Crippen LogP contribution in [0.1, 0.15) is 18.9 Å². The van der Waals surface area contributed by atoms with Crippen LogP contribution in [0.4, 0.5) is 4.79 Å². The first kappa shape index (κ1) is 15.6. The summed E-state index contributed by atoms with van der Waals surface area (Å²) >= 11 is 0. The van der Waals surface area contributed by atoms with E-state index in [1.807, 2.05) is 19.1 Å². The molecule has 0 bridgehead atoms. The van der Waals surface area contributed by atoms with Gasteiger partial charge in [-0.1, -0.05) is 6.08 Å². The molecule has 23 heavy (non-hydrogen) atoms. The van der Waals surface area contributed by atoms with Crippen LogP contribution >= 0.6 is 0 Å². The van der Waals surface area contributed by atoms with E-state index >= 15 is 0 Å². The van der Waals surface area contributed by atoms with Gasteiger partial charge in [-0.15, -0.1) is 0 Å². The van der Waals surface area contributed by atoms with Crippen molar-refractivity contribution < 1.29 is 14.6 Å². The molecule has 2 aromatic heterocycles. The highest BCUT2D eigenvalue weighted by Crippen LogP contribution is 2.30. The smallest absolute Gasteiger partial charge is 0.407 e. The maximum atomic E-state index is 11.0. The highest BCUT2D eigenvalue weighted by Gasteiger charge is 2.19. The van der Waals surface area contributed by atoms with Crippen LogP contribution in [0.5, 0.6) is 0 Å². The third-order valence-electron chi connectivity index (χ3n) is 4.14. The predicted molar refractivity (Wildman–Crippen MR) is 88.4 cm³/mol. The van der Waals surface area contributed by atoms with E-state index in [0.29, 0.717) is 26.3 Å². The minimum Gasteiger partial charge on any atom is -0.465 e. The van der Waals surface area contributed by atoms with Gasteiger partial charge in [-0.25, -0.2) is 9.78 Å². The van der Waals surface area contributed by atoms with Crippen LogP contribution < -0.4 is 0 Å². The molecule has 0 radical (unpaired) electrons. The molecule has 0 unspecified atom stereocenters. The fourth-order valence-corrected chi connectivity index (χ4v) is 2.94. The first-order chi connectivity index (χ1) is 11.2. The average molecular weight is 315 g/mol. The molecule has 6 heteroatoms. The van der Waals surface area contributed by atoms with E-state index < -0.39 is 6.09 Å². The second kappa shape index (κ2) is 6.83. The van der Waals surface area contributed by atoms with Gasteiger partial charge in [-0.2, -0.15) is 0 Å². The van der Waals surface area contributed by atoms with E-state index in [2.05, 4.69) is 21.8 Å². The zero-order valence-corrected chi connectivity index (χ0v) is 13.2. The van der Waals surface area contributed by atoms with E-state index in [-0.39, 0.29) is 0 Å². The number of hydrogen-bond donors (Lipinski definition) is 1. The summed E-state index contributed by atoms with van der Waals surface area (Å²) in [6.45, 7) is 5.08. The largest absolute Gasteiger partial charge is 0.465 e. The van der Waals surface area contributed by atoms with Crippen LogP contribution in [0.15, 0.2) is 30.6 Å². The van der Waals surface area contributed by atoms with Gasteiger partial charge in [0.15, 0.2) is 0 Å². The van der Waals surface area contributed by atoms with Crippen LogP contribution in [-0.4, -0.2) is 52.0 Å². The zero-order chi connectivity index (χ0) is 16.2. The lowest BCUT2D eigenvalue weighted by Crippen LogP contribution is -2.33. The topological polar surface area (TPSA) is 67.6 Å². The normalized spacial score (nSPS) is 15.0.